The van der Waals surface area contributed by atoms with Crippen molar-refractivity contribution in [3.8, 4) is 5.75 Å². The molecule has 0 aliphatic carbocycles. The van der Waals surface area contributed by atoms with E-state index in [4.69, 9.17) is 9.47 Å². The van der Waals surface area contributed by atoms with Crippen LogP contribution in [0.25, 0.3) is 0 Å². The standard InChI is InChI=1S/C18H28N2O4/c1-14-5-6-15(16(11-14)24-10-9-23-3)12-19-17(21)20-8-4-7-18(2,22)13-20/h5-6,11,22H,4,7-10,12-13H2,1-3H3,(H,19,21)/t18-/m0/s1. The van der Waals surface area contributed by atoms with Crippen molar-refractivity contribution in [3.63, 3.8) is 0 Å². The Morgan fingerprint density at radius 3 is 2.92 bits per heavy atom. The molecular weight excluding hydrogens is 308 g/mol. The maximum atomic E-state index is 12.3. The molecule has 24 heavy (non-hydrogen) atoms. The molecular formula is C18H28N2O4. The molecule has 2 rings (SSSR count). The van der Waals surface area contributed by atoms with Gasteiger partial charge in [-0.1, -0.05) is 12.1 Å². The molecule has 2 amide bonds. The highest BCUT2D eigenvalue weighted by molar-refractivity contribution is 5.74. The van der Waals surface area contributed by atoms with Gasteiger partial charge in [-0.2, -0.15) is 0 Å². The number of ether oxygens (including phenoxy) is 2. The summed E-state index contributed by atoms with van der Waals surface area (Å²) in [6.07, 6.45) is 1.54. The van der Waals surface area contributed by atoms with Gasteiger partial charge in [0.1, 0.15) is 12.4 Å². The lowest BCUT2D eigenvalue weighted by molar-refractivity contribution is -0.00253. The van der Waals surface area contributed by atoms with E-state index in [1.54, 1.807) is 18.9 Å². The number of rotatable bonds is 6. The zero-order chi connectivity index (χ0) is 17.6. The zero-order valence-corrected chi connectivity index (χ0v) is 14.8. The fourth-order valence-electron chi connectivity index (χ4n) is 2.85. The van der Waals surface area contributed by atoms with Crippen LogP contribution in [-0.4, -0.2) is 55.1 Å². The largest absolute Gasteiger partial charge is 0.491 e. The normalized spacial score (nSPS) is 20.8. The molecule has 0 radical (unpaired) electrons. The van der Waals surface area contributed by atoms with E-state index in [9.17, 15) is 9.90 Å². The molecule has 1 atom stereocenters. The van der Waals surface area contributed by atoms with Gasteiger partial charge in [0.15, 0.2) is 0 Å². The average Bonchev–Trinajstić information content (AvgIpc) is 2.53. The molecule has 0 saturated carbocycles. The van der Waals surface area contributed by atoms with Crippen LogP contribution >= 0.6 is 0 Å². The molecule has 134 valence electrons. The van der Waals surface area contributed by atoms with E-state index in [1.165, 1.54) is 0 Å². The second-order valence-corrected chi connectivity index (χ2v) is 6.63. The number of likely N-dealkylation sites (tertiary alicyclic amines) is 1. The maximum absolute atomic E-state index is 12.3. The highest BCUT2D eigenvalue weighted by Crippen LogP contribution is 2.22. The molecule has 1 saturated heterocycles. The predicted octanol–water partition coefficient (Wildman–Crippen LogP) is 2.08. The first-order valence-corrected chi connectivity index (χ1v) is 8.38. The number of amides is 2. The summed E-state index contributed by atoms with van der Waals surface area (Å²) in [6, 6.07) is 5.77. The third-order valence-corrected chi connectivity index (χ3v) is 4.16. The number of hydrogen-bond donors (Lipinski definition) is 2. The van der Waals surface area contributed by atoms with Gasteiger partial charge in [-0.15, -0.1) is 0 Å². The van der Waals surface area contributed by atoms with Crippen molar-refractivity contribution in [2.24, 2.45) is 0 Å². The van der Waals surface area contributed by atoms with Crippen molar-refractivity contribution in [1.29, 1.82) is 0 Å². The molecule has 1 aliphatic rings. The van der Waals surface area contributed by atoms with E-state index in [-0.39, 0.29) is 6.03 Å². The van der Waals surface area contributed by atoms with Gasteiger partial charge in [0, 0.05) is 25.8 Å². The fourth-order valence-corrected chi connectivity index (χ4v) is 2.85. The smallest absolute Gasteiger partial charge is 0.317 e. The number of carbonyl (C=O) groups excluding carboxylic acids is 1. The summed E-state index contributed by atoms with van der Waals surface area (Å²) in [6.45, 7) is 6.19. The Morgan fingerprint density at radius 2 is 2.21 bits per heavy atom. The van der Waals surface area contributed by atoms with E-state index in [1.807, 2.05) is 25.1 Å². The minimum Gasteiger partial charge on any atom is -0.491 e. The van der Waals surface area contributed by atoms with E-state index in [2.05, 4.69) is 5.32 Å². The Kier molecular flexibility index (Phi) is 6.45. The van der Waals surface area contributed by atoms with Gasteiger partial charge in [0.2, 0.25) is 0 Å². The summed E-state index contributed by atoms with van der Waals surface area (Å²) < 4.78 is 10.7. The molecule has 1 aromatic rings. The summed E-state index contributed by atoms with van der Waals surface area (Å²) in [4.78, 5) is 14.0. The van der Waals surface area contributed by atoms with Crippen LogP contribution < -0.4 is 10.1 Å². The molecule has 1 aromatic carbocycles. The molecule has 2 N–H and O–H groups in total. The van der Waals surface area contributed by atoms with Gasteiger partial charge in [-0.05, 0) is 38.3 Å². The zero-order valence-electron chi connectivity index (χ0n) is 14.8. The molecule has 0 bridgehead atoms. The second kappa shape index (κ2) is 8.35. The van der Waals surface area contributed by atoms with Crippen LogP contribution in [0, 0.1) is 6.92 Å². The van der Waals surface area contributed by atoms with Crippen molar-refractivity contribution in [2.75, 3.05) is 33.4 Å². The number of benzene rings is 1. The Balaban J connectivity index is 1.94. The molecule has 6 nitrogen and oxygen atoms in total. The van der Waals surface area contributed by atoms with Crippen molar-refractivity contribution in [2.45, 2.75) is 38.8 Å². The quantitative estimate of drug-likeness (QED) is 0.780. The van der Waals surface area contributed by atoms with Gasteiger partial charge in [0.05, 0.1) is 18.8 Å². The van der Waals surface area contributed by atoms with Crippen molar-refractivity contribution >= 4 is 6.03 Å². The summed E-state index contributed by atoms with van der Waals surface area (Å²) in [5.41, 5.74) is 1.23. The van der Waals surface area contributed by atoms with Crippen molar-refractivity contribution < 1.29 is 19.4 Å². The summed E-state index contributed by atoms with van der Waals surface area (Å²) in [7, 11) is 1.63. The first-order valence-electron chi connectivity index (χ1n) is 8.38. The third kappa shape index (κ3) is 5.39. The van der Waals surface area contributed by atoms with E-state index in [0.717, 1.165) is 29.7 Å². The topological polar surface area (TPSA) is 71.0 Å². The van der Waals surface area contributed by atoms with Crippen LogP contribution in [0.1, 0.15) is 30.9 Å². The lowest BCUT2D eigenvalue weighted by Gasteiger charge is -2.36. The minimum atomic E-state index is -0.798. The van der Waals surface area contributed by atoms with E-state index in [0.29, 0.717) is 32.8 Å². The van der Waals surface area contributed by atoms with Gasteiger partial charge >= 0.3 is 6.03 Å². The number of methoxy groups -OCH3 is 1. The van der Waals surface area contributed by atoms with E-state index < -0.39 is 5.60 Å². The number of carbonyl (C=O) groups is 1. The van der Waals surface area contributed by atoms with Gasteiger partial charge in [-0.25, -0.2) is 4.79 Å². The van der Waals surface area contributed by atoms with Crippen LogP contribution in [0.4, 0.5) is 4.79 Å². The van der Waals surface area contributed by atoms with E-state index >= 15 is 0 Å². The van der Waals surface area contributed by atoms with Crippen LogP contribution in [0.5, 0.6) is 5.75 Å². The van der Waals surface area contributed by atoms with Gasteiger partial charge in [0.25, 0.3) is 0 Å². The third-order valence-electron chi connectivity index (χ3n) is 4.16. The summed E-state index contributed by atoms with van der Waals surface area (Å²) >= 11 is 0. The molecule has 1 fully saturated rings. The molecule has 0 unspecified atom stereocenters. The number of hydrogen-bond acceptors (Lipinski definition) is 4. The fraction of sp³-hybridized carbons (Fsp3) is 0.611. The molecule has 1 heterocycles. The molecule has 0 spiro atoms. The maximum Gasteiger partial charge on any atom is 0.317 e. The monoisotopic (exact) mass is 336 g/mol. The summed E-state index contributed by atoms with van der Waals surface area (Å²) in [5, 5.41) is 13.0. The Labute approximate surface area is 143 Å². The highest BCUT2D eigenvalue weighted by Gasteiger charge is 2.30. The Bertz CT molecular complexity index is 560. The number of nitrogens with one attached hydrogen (secondary N) is 1. The highest BCUT2D eigenvalue weighted by atomic mass is 16.5. The molecule has 6 heteroatoms. The van der Waals surface area contributed by atoms with Crippen molar-refractivity contribution in [3.05, 3.63) is 29.3 Å². The SMILES string of the molecule is COCCOc1cc(C)ccc1CNC(=O)N1CCC[C@](C)(O)C1. The number of urea groups is 1. The lowest BCUT2D eigenvalue weighted by Crippen LogP contribution is -2.51. The Hall–Kier alpha value is -1.79. The van der Waals surface area contributed by atoms with Crippen LogP contribution in [0.15, 0.2) is 18.2 Å². The second-order valence-electron chi connectivity index (χ2n) is 6.63. The van der Waals surface area contributed by atoms with Gasteiger partial charge < -0.3 is 24.8 Å². The molecule has 1 aliphatic heterocycles. The molecule has 0 aromatic heterocycles. The number of aryl methyl sites for hydroxylation is 1. The average molecular weight is 336 g/mol. The van der Waals surface area contributed by atoms with Gasteiger partial charge in [-0.3, -0.25) is 0 Å². The minimum absolute atomic E-state index is 0.154. The first kappa shape index (κ1) is 18.5. The van der Waals surface area contributed by atoms with Crippen molar-refractivity contribution in [1.82, 2.24) is 10.2 Å². The van der Waals surface area contributed by atoms with Crippen LogP contribution in [-0.2, 0) is 11.3 Å². The first-order chi connectivity index (χ1) is 11.4. The number of aliphatic hydroxyl groups is 1. The number of nitrogens with zero attached hydrogens (tertiary/aromatic N) is 1. The predicted molar refractivity (Wildman–Crippen MR) is 92.2 cm³/mol. The lowest BCUT2D eigenvalue weighted by atomic mass is 9.95. The van der Waals surface area contributed by atoms with Crippen LogP contribution in [0.3, 0.4) is 0 Å². The number of β-amino-alcohol motifs (C(OH)–C–C–N with tert-alkyl or cyclic N) is 1. The van der Waals surface area contributed by atoms with Crippen LogP contribution in [0.2, 0.25) is 0 Å². The Morgan fingerprint density at radius 1 is 1.42 bits per heavy atom. The summed E-state index contributed by atoms with van der Waals surface area (Å²) in [5.74, 6) is 0.762. The number of piperidine rings is 1.